The Morgan fingerprint density at radius 2 is 1.96 bits per heavy atom. The van der Waals surface area contributed by atoms with Crippen molar-refractivity contribution in [2.45, 2.75) is 52.1 Å². The first-order valence-corrected chi connectivity index (χ1v) is 10.1. The number of anilines is 1. The van der Waals surface area contributed by atoms with Gasteiger partial charge in [-0.05, 0) is 56.2 Å². The third kappa shape index (κ3) is 4.16. The van der Waals surface area contributed by atoms with Crippen LogP contribution in [-0.2, 0) is 28.8 Å². The summed E-state index contributed by atoms with van der Waals surface area (Å²) in [6, 6.07) is 7.70. The number of thiophene rings is 1. The lowest BCUT2D eigenvalue weighted by Crippen LogP contribution is -2.30. The molecule has 1 amide bonds. The highest BCUT2D eigenvalue weighted by molar-refractivity contribution is 7.17. The number of para-hydroxylation sites is 1. The average Bonchev–Trinajstić information content (AvgIpc) is 3.05. The molecule has 5 nitrogen and oxygen atoms in total. The molecular formula is C21H25NO4S. The van der Waals surface area contributed by atoms with Crippen LogP contribution in [0.4, 0.5) is 5.00 Å². The smallest absolute Gasteiger partial charge is 0.341 e. The first-order valence-electron chi connectivity index (χ1n) is 9.33. The first-order chi connectivity index (χ1) is 13.0. The number of esters is 1. The third-order valence-corrected chi connectivity index (χ3v) is 6.03. The van der Waals surface area contributed by atoms with Gasteiger partial charge < -0.3 is 14.8 Å². The van der Waals surface area contributed by atoms with Gasteiger partial charge in [-0.3, -0.25) is 4.79 Å². The van der Waals surface area contributed by atoms with Crippen LogP contribution in [0.15, 0.2) is 24.3 Å². The van der Waals surface area contributed by atoms with Crippen LogP contribution in [0, 0.1) is 0 Å². The highest BCUT2D eigenvalue weighted by Crippen LogP contribution is 2.38. The van der Waals surface area contributed by atoms with Crippen molar-refractivity contribution in [1.82, 2.24) is 0 Å². The van der Waals surface area contributed by atoms with Gasteiger partial charge in [0.25, 0.3) is 5.91 Å². The lowest BCUT2D eigenvalue weighted by Gasteiger charge is -2.17. The number of hydrogen-bond acceptors (Lipinski definition) is 5. The summed E-state index contributed by atoms with van der Waals surface area (Å²) in [4.78, 5) is 26.2. The summed E-state index contributed by atoms with van der Waals surface area (Å²) in [5.41, 5.74) is 2.59. The van der Waals surface area contributed by atoms with Gasteiger partial charge in [-0.25, -0.2) is 4.79 Å². The number of fused-ring (bicyclic) bond motifs is 1. The van der Waals surface area contributed by atoms with E-state index in [9.17, 15) is 9.59 Å². The minimum atomic E-state index is -0.678. The Bertz CT molecular complexity index is 843. The molecule has 0 fully saturated rings. The fourth-order valence-electron chi connectivity index (χ4n) is 3.34. The summed E-state index contributed by atoms with van der Waals surface area (Å²) >= 11 is 1.48. The van der Waals surface area contributed by atoms with Crippen LogP contribution >= 0.6 is 11.3 Å². The zero-order chi connectivity index (χ0) is 19.4. The molecule has 0 bridgehead atoms. The molecule has 144 valence electrons. The number of methoxy groups -OCH3 is 1. The van der Waals surface area contributed by atoms with Crippen molar-refractivity contribution >= 4 is 28.2 Å². The van der Waals surface area contributed by atoms with E-state index in [-0.39, 0.29) is 5.91 Å². The maximum atomic E-state index is 12.7. The van der Waals surface area contributed by atoms with Crippen molar-refractivity contribution in [3.8, 4) is 5.75 Å². The Hall–Kier alpha value is -2.34. The molecule has 1 aromatic heterocycles. The zero-order valence-corrected chi connectivity index (χ0v) is 16.8. The maximum absolute atomic E-state index is 12.7. The molecule has 6 heteroatoms. The van der Waals surface area contributed by atoms with Crippen molar-refractivity contribution in [3.05, 3.63) is 45.8 Å². The predicted octanol–water partition coefficient (Wildman–Crippen LogP) is 4.38. The van der Waals surface area contributed by atoms with Crippen molar-refractivity contribution < 1.29 is 19.1 Å². The molecule has 1 N–H and O–H groups in total. The number of nitrogens with one attached hydrogen (secondary N) is 1. The average molecular weight is 388 g/mol. The summed E-state index contributed by atoms with van der Waals surface area (Å²) < 4.78 is 10.8. The summed E-state index contributed by atoms with van der Waals surface area (Å²) in [5.74, 6) is 0.0422. The van der Waals surface area contributed by atoms with Gasteiger partial charge in [-0.2, -0.15) is 0 Å². The lowest BCUT2D eigenvalue weighted by atomic mass is 9.95. The van der Waals surface area contributed by atoms with Crippen molar-refractivity contribution in [2.24, 2.45) is 0 Å². The molecule has 3 rings (SSSR count). The Labute approximate surface area is 163 Å². The van der Waals surface area contributed by atoms with Crippen molar-refractivity contribution in [3.63, 3.8) is 0 Å². The molecule has 0 radical (unpaired) electrons. The standard InChI is InChI=1S/C21H25NO4S/c1-4-14-9-5-7-11-16(14)26-13(2)19(23)22-20-18(21(24)25-3)15-10-6-8-12-17(15)27-20/h5,7,9,11,13H,4,6,8,10,12H2,1-3H3,(H,22,23). The number of amides is 1. The van der Waals surface area contributed by atoms with Gasteiger partial charge >= 0.3 is 5.97 Å². The molecule has 0 saturated carbocycles. The van der Waals surface area contributed by atoms with E-state index in [2.05, 4.69) is 5.32 Å². The Kier molecular flexibility index (Phi) is 6.16. The second-order valence-electron chi connectivity index (χ2n) is 6.62. The van der Waals surface area contributed by atoms with Crippen molar-refractivity contribution in [2.75, 3.05) is 12.4 Å². The van der Waals surface area contributed by atoms with Gasteiger partial charge in [-0.1, -0.05) is 25.1 Å². The first kappa shape index (κ1) is 19.4. The molecule has 1 heterocycles. The number of rotatable bonds is 6. The van der Waals surface area contributed by atoms with Gasteiger partial charge in [0, 0.05) is 4.88 Å². The molecule has 2 aromatic rings. The fraction of sp³-hybridized carbons (Fsp3) is 0.429. The normalized spacial score (nSPS) is 14.2. The monoisotopic (exact) mass is 387 g/mol. The molecule has 0 saturated heterocycles. The molecule has 1 unspecified atom stereocenters. The Balaban J connectivity index is 1.79. The van der Waals surface area contributed by atoms with Crippen LogP contribution in [0.5, 0.6) is 5.75 Å². The summed E-state index contributed by atoms with van der Waals surface area (Å²) in [6.07, 6.45) is 4.10. The summed E-state index contributed by atoms with van der Waals surface area (Å²) in [5, 5.41) is 3.46. The highest BCUT2D eigenvalue weighted by atomic mass is 32.1. The third-order valence-electron chi connectivity index (χ3n) is 4.82. The van der Waals surface area contributed by atoms with E-state index in [1.165, 1.54) is 23.3 Å². The molecule has 1 atom stereocenters. The number of hydrogen-bond donors (Lipinski definition) is 1. The van der Waals surface area contributed by atoms with Gasteiger partial charge in [0.2, 0.25) is 0 Å². The molecule has 1 aromatic carbocycles. The Morgan fingerprint density at radius 3 is 2.70 bits per heavy atom. The maximum Gasteiger partial charge on any atom is 0.341 e. The second kappa shape index (κ2) is 8.57. The van der Waals surface area contributed by atoms with Crippen LogP contribution in [0.25, 0.3) is 0 Å². The van der Waals surface area contributed by atoms with E-state index in [1.807, 2.05) is 31.2 Å². The molecule has 1 aliphatic carbocycles. The summed E-state index contributed by atoms with van der Waals surface area (Å²) in [7, 11) is 1.37. The van der Waals surface area contributed by atoms with Gasteiger partial charge in [0.15, 0.2) is 6.10 Å². The van der Waals surface area contributed by atoms with Crippen LogP contribution < -0.4 is 10.1 Å². The fourth-order valence-corrected chi connectivity index (χ4v) is 4.62. The van der Waals surface area contributed by atoms with Crippen molar-refractivity contribution in [1.29, 1.82) is 0 Å². The number of ether oxygens (including phenoxy) is 2. The van der Waals surface area contributed by atoms with E-state index < -0.39 is 12.1 Å². The highest BCUT2D eigenvalue weighted by Gasteiger charge is 2.28. The molecule has 0 aliphatic heterocycles. The predicted molar refractivity (Wildman–Crippen MR) is 107 cm³/mol. The number of carbonyl (C=O) groups excluding carboxylic acids is 2. The minimum Gasteiger partial charge on any atom is -0.481 e. The van der Waals surface area contributed by atoms with E-state index in [4.69, 9.17) is 9.47 Å². The van der Waals surface area contributed by atoms with E-state index in [0.29, 0.717) is 16.3 Å². The van der Waals surface area contributed by atoms with Gasteiger partial charge in [0.1, 0.15) is 10.8 Å². The number of carbonyl (C=O) groups is 2. The van der Waals surface area contributed by atoms with Gasteiger partial charge in [-0.15, -0.1) is 11.3 Å². The Morgan fingerprint density at radius 1 is 1.22 bits per heavy atom. The van der Waals surface area contributed by atoms with E-state index in [1.54, 1.807) is 6.92 Å². The number of benzene rings is 1. The summed E-state index contributed by atoms with van der Waals surface area (Å²) in [6.45, 7) is 3.76. The van der Waals surface area contributed by atoms with Crippen LogP contribution in [-0.4, -0.2) is 25.1 Å². The van der Waals surface area contributed by atoms with Gasteiger partial charge in [0.05, 0.1) is 12.7 Å². The molecule has 0 spiro atoms. The number of aryl methyl sites for hydroxylation is 2. The lowest BCUT2D eigenvalue weighted by molar-refractivity contribution is -0.122. The molecule has 1 aliphatic rings. The zero-order valence-electron chi connectivity index (χ0n) is 16.0. The SMILES string of the molecule is CCc1ccccc1OC(C)C(=O)Nc1sc2c(c1C(=O)OC)CCCC2. The van der Waals surface area contributed by atoms with E-state index >= 15 is 0 Å². The topological polar surface area (TPSA) is 64.6 Å². The molecule has 27 heavy (non-hydrogen) atoms. The van der Waals surface area contributed by atoms with E-state index in [0.717, 1.165) is 43.2 Å². The van der Waals surface area contributed by atoms with Crippen LogP contribution in [0.2, 0.25) is 0 Å². The largest absolute Gasteiger partial charge is 0.481 e. The minimum absolute atomic E-state index is 0.273. The quantitative estimate of drug-likeness (QED) is 0.747. The second-order valence-corrected chi connectivity index (χ2v) is 7.72. The van der Waals surface area contributed by atoms with Crippen LogP contribution in [0.1, 0.15) is 53.1 Å². The van der Waals surface area contributed by atoms with Crippen LogP contribution in [0.3, 0.4) is 0 Å². The molecular weight excluding hydrogens is 362 g/mol.